The average Bonchev–Trinajstić information content (AvgIpc) is 2.74. The van der Waals surface area contributed by atoms with Crippen molar-refractivity contribution in [3.05, 3.63) is 23.8 Å². The van der Waals surface area contributed by atoms with Crippen LogP contribution in [0.3, 0.4) is 0 Å². The van der Waals surface area contributed by atoms with Gasteiger partial charge in [-0.15, -0.1) is 0 Å². The molecule has 0 N–H and O–H groups in total. The summed E-state index contributed by atoms with van der Waals surface area (Å²) in [7, 11) is 0.478. The van der Waals surface area contributed by atoms with Crippen LogP contribution in [0.4, 0.5) is 0 Å². The number of hydrogen-bond donors (Lipinski definition) is 0. The molecule has 0 aromatic heterocycles. The molecule has 1 aliphatic rings. The molecule has 0 aliphatic carbocycles. The van der Waals surface area contributed by atoms with E-state index in [4.69, 9.17) is 4.74 Å². The maximum atomic E-state index is 13.2. The molecule has 7 heteroatoms. The maximum Gasteiger partial charge on any atom is 0.243 e. The summed E-state index contributed by atoms with van der Waals surface area (Å²) in [6, 6.07) is 5.16. The van der Waals surface area contributed by atoms with Gasteiger partial charge in [-0.05, 0) is 63.9 Å². The quantitative estimate of drug-likeness (QED) is 0.768. The van der Waals surface area contributed by atoms with Gasteiger partial charge in [-0.25, -0.2) is 8.42 Å². The molecule has 24 heavy (non-hydrogen) atoms. The molecule has 2 rings (SSSR count). The number of hydrogen-bond acceptors (Lipinski definition) is 5. The number of aryl methyl sites for hydroxylation is 1. The molecular formula is C17H28N2O3S2. The Kier molecular flexibility index (Phi) is 6.98. The van der Waals surface area contributed by atoms with Crippen LogP contribution in [0.25, 0.3) is 0 Å². The first-order valence-electron chi connectivity index (χ1n) is 8.34. The van der Waals surface area contributed by atoms with Crippen LogP contribution in [-0.4, -0.2) is 69.0 Å². The Balaban J connectivity index is 2.33. The van der Waals surface area contributed by atoms with Crippen LogP contribution in [0.1, 0.15) is 18.9 Å². The Labute approximate surface area is 150 Å². The molecule has 0 bridgehead atoms. The summed E-state index contributed by atoms with van der Waals surface area (Å²) in [6.45, 7) is 5.70. The fraction of sp³-hybridized carbons (Fsp3) is 0.647. The van der Waals surface area contributed by atoms with Crippen LogP contribution >= 0.6 is 11.8 Å². The van der Waals surface area contributed by atoms with Gasteiger partial charge in [-0.1, -0.05) is 0 Å². The number of benzene rings is 1. The zero-order valence-electron chi connectivity index (χ0n) is 15.0. The number of likely N-dealkylation sites (N-methyl/N-ethyl adjacent to an activating group) is 1. The van der Waals surface area contributed by atoms with E-state index in [1.807, 2.05) is 39.7 Å². The largest absolute Gasteiger partial charge is 0.494 e. The second-order valence-corrected chi connectivity index (χ2v) is 9.36. The normalized spacial score (nSPS) is 20.1. The summed E-state index contributed by atoms with van der Waals surface area (Å²) >= 11 is 1.84. The van der Waals surface area contributed by atoms with Crippen molar-refractivity contribution in [3.8, 4) is 5.75 Å². The Morgan fingerprint density at radius 3 is 2.75 bits per heavy atom. The molecular weight excluding hydrogens is 344 g/mol. The second-order valence-electron chi connectivity index (χ2n) is 6.32. The zero-order chi connectivity index (χ0) is 17.7. The van der Waals surface area contributed by atoms with E-state index < -0.39 is 10.0 Å². The highest BCUT2D eigenvalue weighted by Crippen LogP contribution is 2.28. The number of sulfonamides is 1. The Morgan fingerprint density at radius 1 is 1.38 bits per heavy atom. The molecule has 1 aromatic carbocycles. The first-order valence-corrected chi connectivity index (χ1v) is 10.9. The molecule has 0 saturated carbocycles. The van der Waals surface area contributed by atoms with E-state index in [1.165, 1.54) is 0 Å². The van der Waals surface area contributed by atoms with Gasteiger partial charge in [0.05, 0.1) is 11.5 Å². The summed E-state index contributed by atoms with van der Waals surface area (Å²) < 4.78 is 33.6. The minimum Gasteiger partial charge on any atom is -0.494 e. The van der Waals surface area contributed by atoms with Crippen LogP contribution in [0.15, 0.2) is 23.1 Å². The predicted octanol–water partition coefficient (Wildman–Crippen LogP) is 2.45. The van der Waals surface area contributed by atoms with E-state index in [1.54, 1.807) is 22.5 Å². The van der Waals surface area contributed by atoms with Crippen molar-refractivity contribution in [2.75, 3.05) is 45.3 Å². The van der Waals surface area contributed by atoms with Gasteiger partial charge in [0, 0.05) is 24.9 Å². The Bertz CT molecular complexity index is 647. The van der Waals surface area contributed by atoms with Gasteiger partial charge in [0.2, 0.25) is 10.0 Å². The maximum absolute atomic E-state index is 13.2. The number of ether oxygens (including phenoxy) is 1. The minimum atomic E-state index is -3.50. The Morgan fingerprint density at radius 2 is 2.12 bits per heavy atom. The van der Waals surface area contributed by atoms with Crippen LogP contribution in [0.2, 0.25) is 0 Å². The molecule has 0 radical (unpaired) electrons. The van der Waals surface area contributed by atoms with Crippen LogP contribution in [0, 0.1) is 6.92 Å². The van der Waals surface area contributed by atoms with Gasteiger partial charge in [0.15, 0.2) is 0 Å². The van der Waals surface area contributed by atoms with Crippen molar-refractivity contribution < 1.29 is 13.2 Å². The summed E-state index contributed by atoms with van der Waals surface area (Å²) in [5.74, 6) is 2.60. The summed E-state index contributed by atoms with van der Waals surface area (Å²) in [6.07, 6.45) is 0.893. The van der Waals surface area contributed by atoms with E-state index in [2.05, 4.69) is 4.90 Å². The third-order valence-corrected chi connectivity index (χ3v) is 7.16. The molecule has 0 spiro atoms. The number of thioether (sulfide) groups is 1. The van der Waals surface area contributed by atoms with Gasteiger partial charge in [-0.3, -0.25) is 0 Å². The zero-order valence-corrected chi connectivity index (χ0v) is 16.6. The van der Waals surface area contributed by atoms with Gasteiger partial charge in [0.1, 0.15) is 5.75 Å². The highest BCUT2D eigenvalue weighted by atomic mass is 32.2. The lowest BCUT2D eigenvalue weighted by molar-refractivity contribution is 0.271. The third kappa shape index (κ3) is 4.65. The molecule has 5 nitrogen and oxygen atoms in total. The third-order valence-electron chi connectivity index (χ3n) is 4.01. The van der Waals surface area contributed by atoms with E-state index in [9.17, 15) is 8.42 Å². The predicted molar refractivity (Wildman–Crippen MR) is 101 cm³/mol. The first-order chi connectivity index (χ1) is 11.4. The molecule has 1 fully saturated rings. The van der Waals surface area contributed by atoms with Crippen molar-refractivity contribution in [2.24, 2.45) is 0 Å². The monoisotopic (exact) mass is 372 g/mol. The van der Waals surface area contributed by atoms with Crippen molar-refractivity contribution in [1.82, 2.24) is 9.21 Å². The highest BCUT2D eigenvalue weighted by molar-refractivity contribution is 7.99. The van der Waals surface area contributed by atoms with E-state index in [0.29, 0.717) is 18.0 Å². The molecule has 1 saturated heterocycles. The smallest absolute Gasteiger partial charge is 0.243 e. The van der Waals surface area contributed by atoms with Gasteiger partial charge in [0.25, 0.3) is 0 Å². The first kappa shape index (κ1) is 19.6. The topological polar surface area (TPSA) is 49.9 Å². The molecule has 136 valence electrons. The minimum absolute atomic E-state index is 0.00405. The molecule has 0 amide bonds. The van der Waals surface area contributed by atoms with E-state index in [-0.39, 0.29) is 6.04 Å². The van der Waals surface area contributed by atoms with Crippen molar-refractivity contribution in [2.45, 2.75) is 31.2 Å². The fourth-order valence-electron chi connectivity index (χ4n) is 2.92. The molecule has 1 aliphatic heterocycles. The van der Waals surface area contributed by atoms with E-state index >= 15 is 0 Å². The lowest BCUT2D eigenvalue weighted by atomic mass is 10.2. The standard InChI is InChI=1S/C17H28N2O3S2/c1-5-22-17-8-7-16(11-14(17)2)24(20,21)19-9-6-10-23-13-15(19)12-18(3)4/h7-8,11,15H,5-6,9-10,12-13H2,1-4H3/t15-/m0/s1. The lowest BCUT2D eigenvalue weighted by Gasteiger charge is -2.31. The van der Waals surface area contributed by atoms with E-state index in [0.717, 1.165) is 35.8 Å². The van der Waals surface area contributed by atoms with Crippen molar-refractivity contribution in [1.29, 1.82) is 0 Å². The van der Waals surface area contributed by atoms with Crippen molar-refractivity contribution in [3.63, 3.8) is 0 Å². The van der Waals surface area contributed by atoms with Crippen LogP contribution < -0.4 is 4.74 Å². The van der Waals surface area contributed by atoms with Gasteiger partial charge < -0.3 is 9.64 Å². The number of rotatable bonds is 6. The SMILES string of the molecule is CCOc1ccc(S(=O)(=O)N2CCCSC[C@@H]2CN(C)C)cc1C. The lowest BCUT2D eigenvalue weighted by Crippen LogP contribution is -2.46. The molecule has 1 atom stereocenters. The molecule has 0 unspecified atom stereocenters. The highest BCUT2D eigenvalue weighted by Gasteiger charge is 2.33. The van der Waals surface area contributed by atoms with Crippen LogP contribution in [0.5, 0.6) is 5.75 Å². The fourth-order valence-corrected chi connectivity index (χ4v) is 5.82. The summed E-state index contributed by atoms with van der Waals surface area (Å²) in [5.41, 5.74) is 0.853. The molecule has 1 aromatic rings. The second kappa shape index (κ2) is 8.56. The Hall–Kier alpha value is -0.760. The van der Waals surface area contributed by atoms with Gasteiger partial charge in [-0.2, -0.15) is 16.1 Å². The van der Waals surface area contributed by atoms with Crippen LogP contribution in [-0.2, 0) is 10.0 Å². The summed E-state index contributed by atoms with van der Waals surface area (Å²) in [4.78, 5) is 2.42. The molecule has 1 heterocycles. The van der Waals surface area contributed by atoms with Gasteiger partial charge >= 0.3 is 0 Å². The number of nitrogens with zero attached hydrogens (tertiary/aromatic N) is 2. The van der Waals surface area contributed by atoms with Crippen molar-refractivity contribution >= 4 is 21.8 Å². The average molecular weight is 373 g/mol. The summed E-state index contributed by atoms with van der Waals surface area (Å²) in [5, 5.41) is 0.